The van der Waals surface area contributed by atoms with Crippen LogP contribution in [-0.2, 0) is 9.59 Å². The van der Waals surface area contributed by atoms with E-state index < -0.39 is 0 Å². The van der Waals surface area contributed by atoms with Crippen LogP contribution in [0.25, 0.3) is 6.08 Å². The molecule has 8 heteroatoms. The van der Waals surface area contributed by atoms with E-state index in [0.717, 1.165) is 27.9 Å². The van der Waals surface area contributed by atoms with Crippen LogP contribution in [0.1, 0.15) is 35.2 Å². The van der Waals surface area contributed by atoms with Crippen LogP contribution < -0.4 is 10.1 Å². The van der Waals surface area contributed by atoms with Crippen molar-refractivity contribution in [2.45, 2.75) is 26.8 Å². The molecule has 2 amide bonds. The second-order valence-electron chi connectivity index (χ2n) is 8.48. The Morgan fingerprint density at radius 1 is 1.14 bits per heavy atom. The molecule has 1 fully saturated rings. The first-order valence-electron chi connectivity index (χ1n) is 11.3. The molecule has 184 valence electrons. The molecule has 0 aromatic heterocycles. The Labute approximate surface area is 225 Å². The number of anilines is 1. The molecule has 3 aromatic carbocycles. The van der Waals surface area contributed by atoms with E-state index in [1.54, 1.807) is 29.2 Å². The van der Waals surface area contributed by atoms with E-state index in [1.165, 1.54) is 11.8 Å². The first-order valence-corrected chi connectivity index (χ1v) is 12.9. The van der Waals surface area contributed by atoms with E-state index in [-0.39, 0.29) is 24.5 Å². The summed E-state index contributed by atoms with van der Waals surface area (Å²) >= 11 is 13.2. The van der Waals surface area contributed by atoms with Gasteiger partial charge in [0.1, 0.15) is 10.1 Å². The van der Waals surface area contributed by atoms with Gasteiger partial charge in [-0.25, -0.2) is 0 Å². The highest BCUT2D eigenvalue weighted by molar-refractivity contribution is 8.26. The van der Waals surface area contributed by atoms with Gasteiger partial charge in [-0.15, -0.1) is 0 Å². The maximum Gasteiger partial charge on any atom is 0.266 e. The van der Waals surface area contributed by atoms with Gasteiger partial charge in [0.2, 0.25) is 0 Å². The van der Waals surface area contributed by atoms with Crippen LogP contribution in [0.4, 0.5) is 5.69 Å². The number of nitrogens with zero attached hydrogens (tertiary/aromatic N) is 1. The third-order valence-electron chi connectivity index (χ3n) is 5.76. The number of rotatable bonds is 7. The quantitative estimate of drug-likeness (QED) is 0.262. The average molecular weight is 537 g/mol. The maximum absolute atomic E-state index is 13.1. The third kappa shape index (κ3) is 5.98. The van der Waals surface area contributed by atoms with Gasteiger partial charge < -0.3 is 10.1 Å². The minimum Gasteiger partial charge on any atom is -0.482 e. The standard InChI is InChI=1S/C28H25ClN2O3S2/c1-17-9-11-23(18(2)13-17)30-26(32)16-34-24-12-10-20(14-22(24)29)15-25-27(33)31(28(35)36-25)19(3)21-7-5-4-6-8-21/h4-15,19H,16H2,1-3H3,(H,30,32)/b25-15-/t19-/m1/s1. The molecule has 36 heavy (non-hydrogen) atoms. The number of amides is 2. The van der Waals surface area contributed by atoms with Crippen LogP contribution in [0.5, 0.6) is 5.75 Å². The molecule has 1 atom stereocenters. The van der Waals surface area contributed by atoms with E-state index in [4.69, 9.17) is 28.6 Å². The molecule has 1 N–H and O–H groups in total. The van der Waals surface area contributed by atoms with Crippen LogP contribution in [-0.4, -0.2) is 27.6 Å². The molecule has 0 bridgehead atoms. The molecule has 1 saturated heterocycles. The van der Waals surface area contributed by atoms with Crippen molar-refractivity contribution in [3.05, 3.63) is 98.9 Å². The Hall–Kier alpha value is -3.13. The van der Waals surface area contributed by atoms with Gasteiger partial charge in [0.25, 0.3) is 11.8 Å². The molecule has 0 aliphatic carbocycles. The molecule has 1 aliphatic rings. The molecular weight excluding hydrogens is 512 g/mol. The minimum atomic E-state index is -0.279. The number of carbonyl (C=O) groups excluding carboxylic acids is 2. The summed E-state index contributed by atoms with van der Waals surface area (Å²) in [6.07, 6.45) is 1.76. The minimum absolute atomic E-state index is 0.138. The van der Waals surface area contributed by atoms with Crippen molar-refractivity contribution in [3.8, 4) is 5.75 Å². The van der Waals surface area contributed by atoms with Gasteiger partial charge >= 0.3 is 0 Å². The molecule has 3 aromatic rings. The fraction of sp³-hybridized carbons (Fsp3) is 0.179. The summed E-state index contributed by atoms with van der Waals surface area (Å²) in [6.45, 7) is 5.72. The lowest BCUT2D eigenvalue weighted by Gasteiger charge is -2.23. The summed E-state index contributed by atoms with van der Waals surface area (Å²) in [5, 5.41) is 3.19. The highest BCUT2D eigenvalue weighted by Gasteiger charge is 2.35. The number of nitrogens with one attached hydrogen (secondary N) is 1. The lowest BCUT2D eigenvalue weighted by molar-refractivity contribution is -0.123. The summed E-state index contributed by atoms with van der Waals surface area (Å²) in [7, 11) is 0. The SMILES string of the molecule is Cc1ccc(NC(=O)COc2ccc(/C=C3\SC(=S)N([C@H](C)c4ccccc4)C3=O)cc2Cl)c(C)c1. The van der Waals surface area contributed by atoms with E-state index in [0.29, 0.717) is 20.0 Å². The van der Waals surface area contributed by atoms with Crippen LogP contribution in [0.2, 0.25) is 5.02 Å². The molecule has 1 aliphatic heterocycles. The van der Waals surface area contributed by atoms with Crippen molar-refractivity contribution in [1.82, 2.24) is 4.90 Å². The van der Waals surface area contributed by atoms with Crippen LogP contribution in [0.3, 0.4) is 0 Å². The van der Waals surface area contributed by atoms with E-state index in [9.17, 15) is 9.59 Å². The summed E-state index contributed by atoms with van der Waals surface area (Å²) in [4.78, 5) is 27.6. The number of aryl methyl sites for hydroxylation is 2. The molecule has 0 saturated carbocycles. The number of thioether (sulfide) groups is 1. The van der Waals surface area contributed by atoms with Crippen LogP contribution >= 0.6 is 35.6 Å². The predicted molar refractivity (Wildman–Crippen MR) is 151 cm³/mol. The Balaban J connectivity index is 1.41. The Bertz CT molecular complexity index is 1360. The van der Waals surface area contributed by atoms with Crippen molar-refractivity contribution in [3.63, 3.8) is 0 Å². The topological polar surface area (TPSA) is 58.6 Å². The zero-order chi connectivity index (χ0) is 25.8. The van der Waals surface area contributed by atoms with Crippen LogP contribution in [0, 0.1) is 13.8 Å². The van der Waals surface area contributed by atoms with Gasteiger partial charge in [0.05, 0.1) is 16.0 Å². The number of ether oxygens (including phenoxy) is 1. The fourth-order valence-corrected chi connectivity index (χ4v) is 5.52. The van der Waals surface area contributed by atoms with Crippen molar-refractivity contribution >= 4 is 63.5 Å². The number of halogens is 1. The Kier molecular flexibility index (Phi) is 8.14. The average Bonchev–Trinajstić information content (AvgIpc) is 3.13. The second kappa shape index (κ2) is 11.3. The zero-order valence-corrected chi connectivity index (χ0v) is 22.5. The highest BCUT2D eigenvalue weighted by atomic mass is 35.5. The number of hydrogen-bond donors (Lipinski definition) is 1. The molecule has 0 radical (unpaired) electrons. The third-order valence-corrected chi connectivity index (χ3v) is 7.39. The molecule has 5 nitrogen and oxygen atoms in total. The van der Waals surface area contributed by atoms with E-state index in [2.05, 4.69) is 5.32 Å². The zero-order valence-electron chi connectivity index (χ0n) is 20.1. The molecular formula is C28H25ClN2O3S2. The van der Waals surface area contributed by atoms with E-state index in [1.807, 2.05) is 69.3 Å². The van der Waals surface area contributed by atoms with Crippen molar-refractivity contribution in [1.29, 1.82) is 0 Å². The summed E-state index contributed by atoms with van der Waals surface area (Å²) < 4.78 is 6.15. The lowest BCUT2D eigenvalue weighted by Crippen LogP contribution is -2.30. The predicted octanol–water partition coefficient (Wildman–Crippen LogP) is 6.94. The van der Waals surface area contributed by atoms with Crippen molar-refractivity contribution < 1.29 is 14.3 Å². The monoisotopic (exact) mass is 536 g/mol. The summed E-state index contributed by atoms with van der Waals surface area (Å²) in [5.74, 6) is -0.0333. The maximum atomic E-state index is 13.1. The van der Waals surface area contributed by atoms with Gasteiger partial charge in [0, 0.05) is 5.69 Å². The number of thiocarbonyl (C=S) groups is 1. The molecule has 1 heterocycles. The Morgan fingerprint density at radius 2 is 1.89 bits per heavy atom. The molecule has 0 spiro atoms. The number of carbonyl (C=O) groups is 2. The van der Waals surface area contributed by atoms with Crippen LogP contribution in [0.15, 0.2) is 71.6 Å². The Morgan fingerprint density at radius 3 is 2.58 bits per heavy atom. The fourth-order valence-electron chi connectivity index (χ4n) is 3.85. The normalized spacial score (nSPS) is 15.3. The van der Waals surface area contributed by atoms with Gasteiger partial charge in [-0.1, -0.05) is 89.7 Å². The largest absolute Gasteiger partial charge is 0.482 e. The van der Waals surface area contributed by atoms with E-state index >= 15 is 0 Å². The summed E-state index contributed by atoms with van der Waals surface area (Å²) in [6, 6.07) is 20.6. The van der Waals surface area contributed by atoms with Gasteiger partial charge in [-0.2, -0.15) is 0 Å². The smallest absolute Gasteiger partial charge is 0.266 e. The number of hydrogen-bond acceptors (Lipinski definition) is 5. The summed E-state index contributed by atoms with van der Waals surface area (Å²) in [5.41, 5.74) is 4.60. The van der Waals surface area contributed by atoms with Gasteiger partial charge in [-0.3, -0.25) is 14.5 Å². The van der Waals surface area contributed by atoms with Crippen molar-refractivity contribution in [2.24, 2.45) is 0 Å². The number of benzene rings is 3. The molecule has 4 rings (SSSR count). The van der Waals surface area contributed by atoms with Crippen molar-refractivity contribution in [2.75, 3.05) is 11.9 Å². The lowest BCUT2D eigenvalue weighted by atomic mass is 10.1. The molecule has 0 unspecified atom stereocenters. The first kappa shape index (κ1) is 25.9. The van der Waals surface area contributed by atoms with Gasteiger partial charge in [-0.05, 0) is 61.7 Å². The highest BCUT2D eigenvalue weighted by Crippen LogP contribution is 2.38. The van der Waals surface area contributed by atoms with Gasteiger partial charge in [0.15, 0.2) is 6.61 Å². The first-order chi connectivity index (χ1) is 17.2. The second-order valence-corrected chi connectivity index (χ2v) is 10.6.